The molecule has 0 aliphatic rings. The van der Waals surface area contributed by atoms with Crippen molar-refractivity contribution in [3.8, 4) is 0 Å². The fourth-order valence-corrected chi connectivity index (χ4v) is 2.93. The van der Waals surface area contributed by atoms with Crippen LogP contribution >= 0.6 is 11.3 Å². The number of amides is 1. The van der Waals surface area contributed by atoms with E-state index < -0.39 is 22.5 Å². The maximum absolute atomic E-state index is 12.2. The molecule has 25 heavy (non-hydrogen) atoms. The van der Waals surface area contributed by atoms with Crippen molar-refractivity contribution in [2.24, 2.45) is 0 Å². The molecule has 9 heteroatoms. The van der Waals surface area contributed by atoms with Crippen LogP contribution in [0, 0.1) is 10.1 Å². The van der Waals surface area contributed by atoms with Crippen LogP contribution in [0.4, 0.5) is 5.69 Å². The lowest BCUT2D eigenvalue weighted by Crippen LogP contribution is -2.23. The van der Waals surface area contributed by atoms with Gasteiger partial charge in [0.2, 0.25) is 0 Å². The Hall–Kier alpha value is -2.81. The number of nitrogens with zero attached hydrogens (tertiary/aromatic N) is 2. The number of non-ortho nitro benzene ring substituents is 1. The molecule has 8 nitrogen and oxygen atoms in total. The maximum Gasteiger partial charge on any atom is 0.335 e. The monoisotopic (exact) mass is 363 g/mol. The van der Waals surface area contributed by atoms with Crippen LogP contribution in [0.2, 0.25) is 0 Å². The van der Waals surface area contributed by atoms with Crippen LogP contribution in [0.15, 0.2) is 23.6 Å². The Balaban J connectivity index is 2.16. The summed E-state index contributed by atoms with van der Waals surface area (Å²) in [6.45, 7) is 6.24. The van der Waals surface area contributed by atoms with Gasteiger partial charge in [0.15, 0.2) is 0 Å². The number of hydrogen-bond acceptors (Lipinski definition) is 6. The van der Waals surface area contributed by atoms with Gasteiger partial charge in [0.25, 0.3) is 11.6 Å². The summed E-state index contributed by atoms with van der Waals surface area (Å²) < 4.78 is 0. The number of hydrogen-bond donors (Lipinski definition) is 2. The van der Waals surface area contributed by atoms with Crippen molar-refractivity contribution in [2.75, 3.05) is 0 Å². The number of benzene rings is 1. The lowest BCUT2D eigenvalue weighted by Gasteiger charge is -2.14. The third kappa shape index (κ3) is 4.60. The Labute approximate surface area is 147 Å². The van der Waals surface area contributed by atoms with Gasteiger partial charge in [-0.3, -0.25) is 14.9 Å². The predicted octanol–water partition coefficient (Wildman–Crippen LogP) is 2.98. The number of aromatic carboxylic acids is 1. The number of nitro groups is 1. The van der Waals surface area contributed by atoms with Gasteiger partial charge in [0.1, 0.15) is 5.01 Å². The molecule has 0 atom stereocenters. The van der Waals surface area contributed by atoms with Gasteiger partial charge in [-0.15, -0.1) is 11.3 Å². The first kappa shape index (κ1) is 18.5. The number of thiazole rings is 1. The van der Waals surface area contributed by atoms with Crippen LogP contribution in [0.5, 0.6) is 0 Å². The van der Waals surface area contributed by atoms with E-state index in [2.05, 4.69) is 10.3 Å². The number of nitro benzene ring substituents is 1. The molecule has 1 aromatic carbocycles. The van der Waals surface area contributed by atoms with Crippen molar-refractivity contribution >= 4 is 28.9 Å². The van der Waals surface area contributed by atoms with E-state index in [0.717, 1.165) is 23.9 Å². The van der Waals surface area contributed by atoms with Crippen LogP contribution in [-0.4, -0.2) is 26.9 Å². The molecule has 0 saturated carbocycles. The van der Waals surface area contributed by atoms with E-state index in [0.29, 0.717) is 5.01 Å². The summed E-state index contributed by atoms with van der Waals surface area (Å²) in [5.74, 6) is -1.94. The van der Waals surface area contributed by atoms with E-state index in [4.69, 9.17) is 5.11 Å². The van der Waals surface area contributed by atoms with Crippen LogP contribution in [-0.2, 0) is 12.0 Å². The molecular weight excluding hydrogens is 346 g/mol. The quantitative estimate of drug-likeness (QED) is 0.622. The number of carboxylic acids is 1. The highest BCUT2D eigenvalue weighted by Gasteiger charge is 2.19. The van der Waals surface area contributed by atoms with Gasteiger partial charge < -0.3 is 10.4 Å². The molecule has 0 radical (unpaired) electrons. The average molecular weight is 363 g/mol. The topological polar surface area (TPSA) is 122 Å². The van der Waals surface area contributed by atoms with Crippen molar-refractivity contribution in [1.82, 2.24) is 10.3 Å². The van der Waals surface area contributed by atoms with Crippen molar-refractivity contribution in [2.45, 2.75) is 32.7 Å². The Bertz CT molecular complexity index is 806. The molecule has 0 fully saturated rings. The molecule has 0 aliphatic heterocycles. The molecule has 2 rings (SSSR count). The van der Waals surface area contributed by atoms with Gasteiger partial charge in [-0.25, -0.2) is 9.78 Å². The fourth-order valence-electron chi connectivity index (χ4n) is 1.97. The third-order valence-electron chi connectivity index (χ3n) is 3.36. The van der Waals surface area contributed by atoms with Crippen LogP contribution in [0.25, 0.3) is 0 Å². The minimum absolute atomic E-state index is 0.0841. The summed E-state index contributed by atoms with van der Waals surface area (Å²) in [5.41, 5.74) is -0.0442. The molecule has 0 unspecified atom stereocenters. The molecule has 1 heterocycles. The Morgan fingerprint density at radius 2 is 1.92 bits per heavy atom. The van der Waals surface area contributed by atoms with Crippen LogP contribution in [0.3, 0.4) is 0 Å². The summed E-state index contributed by atoms with van der Waals surface area (Å²) in [5, 5.41) is 25.1. The average Bonchev–Trinajstić information content (AvgIpc) is 3.01. The highest BCUT2D eigenvalue weighted by molar-refractivity contribution is 7.09. The fraction of sp³-hybridized carbons (Fsp3) is 0.312. The second-order valence-corrected chi connectivity index (χ2v) is 7.33. The maximum atomic E-state index is 12.2. The molecule has 0 aliphatic carbocycles. The first-order valence-corrected chi connectivity index (χ1v) is 8.22. The zero-order valence-electron chi connectivity index (χ0n) is 13.9. The smallest absolute Gasteiger partial charge is 0.335 e. The summed E-state index contributed by atoms with van der Waals surface area (Å²) in [7, 11) is 0. The molecular formula is C16H17N3O5S. The molecule has 1 amide bonds. The number of carboxylic acid groups (broad SMARTS) is 1. The predicted molar refractivity (Wildman–Crippen MR) is 92.0 cm³/mol. The van der Waals surface area contributed by atoms with Crippen LogP contribution < -0.4 is 5.32 Å². The van der Waals surface area contributed by atoms with Gasteiger partial charge in [-0.2, -0.15) is 0 Å². The van der Waals surface area contributed by atoms with E-state index in [9.17, 15) is 19.7 Å². The third-order valence-corrected chi connectivity index (χ3v) is 4.21. The molecule has 2 aromatic rings. The van der Waals surface area contributed by atoms with E-state index in [1.54, 1.807) is 0 Å². The van der Waals surface area contributed by atoms with E-state index in [1.807, 2.05) is 26.2 Å². The lowest BCUT2D eigenvalue weighted by molar-refractivity contribution is -0.384. The highest BCUT2D eigenvalue weighted by Crippen LogP contribution is 2.24. The zero-order valence-corrected chi connectivity index (χ0v) is 14.7. The minimum Gasteiger partial charge on any atom is -0.478 e. The lowest BCUT2D eigenvalue weighted by atomic mass is 9.93. The van der Waals surface area contributed by atoms with Gasteiger partial charge in [-0.1, -0.05) is 20.8 Å². The summed E-state index contributed by atoms with van der Waals surface area (Å²) in [4.78, 5) is 37.9. The molecule has 0 bridgehead atoms. The van der Waals surface area contributed by atoms with E-state index >= 15 is 0 Å². The first-order valence-electron chi connectivity index (χ1n) is 7.34. The van der Waals surface area contributed by atoms with Gasteiger partial charge in [0, 0.05) is 28.5 Å². The number of carbonyl (C=O) groups excluding carboxylic acids is 1. The number of carbonyl (C=O) groups is 2. The Kier molecular flexibility index (Phi) is 5.17. The van der Waals surface area contributed by atoms with E-state index in [1.165, 1.54) is 11.3 Å². The SMILES string of the molecule is CC(C)(C)c1csc(CNC(=O)c2cc(C(=O)O)cc([N+](=O)[O-])c2)n1. The molecule has 0 spiro atoms. The van der Waals surface area contributed by atoms with Gasteiger partial charge in [-0.05, 0) is 6.07 Å². The number of rotatable bonds is 5. The van der Waals surface area contributed by atoms with Crippen molar-refractivity contribution in [3.63, 3.8) is 0 Å². The molecule has 0 saturated heterocycles. The summed E-state index contributed by atoms with van der Waals surface area (Å²) >= 11 is 1.40. The molecule has 2 N–H and O–H groups in total. The van der Waals surface area contributed by atoms with Crippen molar-refractivity contribution < 1.29 is 19.6 Å². The van der Waals surface area contributed by atoms with E-state index in [-0.39, 0.29) is 23.1 Å². The summed E-state index contributed by atoms with van der Waals surface area (Å²) in [6.07, 6.45) is 0. The number of aromatic nitrogens is 1. The first-order chi connectivity index (χ1) is 11.6. The highest BCUT2D eigenvalue weighted by atomic mass is 32.1. The zero-order chi connectivity index (χ0) is 18.8. The largest absolute Gasteiger partial charge is 0.478 e. The Morgan fingerprint density at radius 1 is 1.28 bits per heavy atom. The molecule has 132 valence electrons. The summed E-state index contributed by atoms with van der Waals surface area (Å²) in [6, 6.07) is 3.06. The second kappa shape index (κ2) is 6.98. The van der Waals surface area contributed by atoms with Crippen LogP contribution in [0.1, 0.15) is 52.2 Å². The molecule has 1 aromatic heterocycles. The number of nitrogens with one attached hydrogen (secondary N) is 1. The van der Waals surface area contributed by atoms with Gasteiger partial charge in [0.05, 0.1) is 22.7 Å². The van der Waals surface area contributed by atoms with Crippen molar-refractivity contribution in [3.05, 3.63) is 55.5 Å². The Morgan fingerprint density at radius 3 is 2.44 bits per heavy atom. The second-order valence-electron chi connectivity index (χ2n) is 6.39. The van der Waals surface area contributed by atoms with Crippen molar-refractivity contribution in [1.29, 1.82) is 0 Å². The minimum atomic E-state index is -1.34. The normalized spacial score (nSPS) is 11.2. The standard InChI is InChI=1S/C16H17N3O5S/c1-16(2,3)12-8-25-13(18-12)7-17-14(20)9-4-10(15(21)22)6-11(5-9)19(23)24/h4-6,8H,7H2,1-3H3,(H,17,20)(H,21,22). The van der Waals surface area contributed by atoms with Gasteiger partial charge >= 0.3 is 5.97 Å².